The summed E-state index contributed by atoms with van der Waals surface area (Å²) >= 11 is 0. The van der Waals surface area contributed by atoms with E-state index in [1.54, 1.807) is 10.9 Å². The first-order chi connectivity index (χ1) is 14.6. The van der Waals surface area contributed by atoms with Crippen LogP contribution in [0.1, 0.15) is 31.2 Å². The monoisotopic (exact) mass is 403 g/mol. The number of nitrogens with zero attached hydrogens (tertiary/aromatic N) is 2. The number of nitrogens with one attached hydrogen (secondary N) is 1. The molecule has 6 heteroatoms. The molecule has 154 valence electrons. The van der Waals surface area contributed by atoms with E-state index in [0.717, 1.165) is 31.2 Å². The number of carbonyl (C=O) groups is 2. The second-order valence-electron chi connectivity index (χ2n) is 8.62. The maximum Gasteiger partial charge on any atom is 0.307 e. The van der Waals surface area contributed by atoms with Crippen molar-refractivity contribution in [3.63, 3.8) is 0 Å². The molecular weight excluding hydrogens is 378 g/mol. The highest BCUT2D eigenvalue weighted by Gasteiger charge is 2.50. The van der Waals surface area contributed by atoms with Gasteiger partial charge in [-0.05, 0) is 53.9 Å². The minimum Gasteiger partial charge on any atom is -0.481 e. The Bertz CT molecular complexity index is 1090. The molecule has 2 bridgehead atoms. The van der Waals surface area contributed by atoms with E-state index in [-0.39, 0.29) is 17.7 Å². The normalized spacial score (nSPS) is 25.3. The van der Waals surface area contributed by atoms with Gasteiger partial charge < -0.3 is 10.4 Å². The summed E-state index contributed by atoms with van der Waals surface area (Å²) in [5, 5.41) is 19.4. The SMILES string of the molecule is O=C(O)[C@@H]1C2CCC(CC2)[C@@H]1C(=O)Nc1cnn(Cc2cccc3ccccc23)c1. The average Bonchev–Trinajstić information content (AvgIpc) is 3.20. The average molecular weight is 403 g/mol. The largest absolute Gasteiger partial charge is 0.481 e. The van der Waals surface area contributed by atoms with Gasteiger partial charge in [-0.3, -0.25) is 14.3 Å². The molecule has 6 rings (SSSR count). The minimum absolute atomic E-state index is 0.123. The van der Waals surface area contributed by atoms with Gasteiger partial charge in [-0.15, -0.1) is 0 Å². The van der Waals surface area contributed by atoms with Crippen LogP contribution in [0.5, 0.6) is 0 Å². The maximum atomic E-state index is 13.0. The summed E-state index contributed by atoms with van der Waals surface area (Å²) in [6.07, 6.45) is 7.21. The lowest BCUT2D eigenvalue weighted by atomic mass is 9.58. The van der Waals surface area contributed by atoms with Crippen LogP contribution in [0.4, 0.5) is 5.69 Å². The highest BCUT2D eigenvalue weighted by molar-refractivity contribution is 5.95. The summed E-state index contributed by atoms with van der Waals surface area (Å²) in [4.78, 5) is 24.8. The Labute approximate surface area is 174 Å². The molecule has 2 aromatic carbocycles. The van der Waals surface area contributed by atoms with Crippen LogP contribution >= 0.6 is 0 Å². The summed E-state index contributed by atoms with van der Waals surface area (Å²) < 4.78 is 1.80. The molecule has 3 aromatic rings. The summed E-state index contributed by atoms with van der Waals surface area (Å²) in [7, 11) is 0. The fourth-order valence-corrected chi connectivity index (χ4v) is 5.53. The number of anilines is 1. The van der Waals surface area contributed by atoms with E-state index in [1.807, 2.05) is 24.4 Å². The fourth-order valence-electron chi connectivity index (χ4n) is 5.53. The number of aromatic nitrogens is 2. The van der Waals surface area contributed by atoms with Crippen molar-refractivity contribution in [1.82, 2.24) is 9.78 Å². The number of aliphatic carboxylic acids is 1. The third kappa shape index (κ3) is 3.36. The van der Waals surface area contributed by atoms with Crippen molar-refractivity contribution in [2.24, 2.45) is 23.7 Å². The van der Waals surface area contributed by atoms with Crippen molar-refractivity contribution in [3.05, 3.63) is 60.4 Å². The first kappa shape index (κ1) is 18.9. The van der Waals surface area contributed by atoms with Crippen LogP contribution in [0.15, 0.2) is 54.9 Å². The lowest BCUT2D eigenvalue weighted by Crippen LogP contribution is -2.49. The van der Waals surface area contributed by atoms with Gasteiger partial charge in [-0.25, -0.2) is 0 Å². The van der Waals surface area contributed by atoms with Crippen LogP contribution in [-0.4, -0.2) is 26.8 Å². The molecule has 2 atom stereocenters. The zero-order valence-electron chi connectivity index (χ0n) is 16.7. The summed E-state index contributed by atoms with van der Waals surface area (Å²) in [6.45, 7) is 0.600. The van der Waals surface area contributed by atoms with Gasteiger partial charge in [-0.2, -0.15) is 5.10 Å². The molecular formula is C24H25N3O3. The zero-order valence-corrected chi connectivity index (χ0v) is 16.7. The third-order valence-corrected chi connectivity index (χ3v) is 6.92. The number of carbonyl (C=O) groups excluding carboxylic acids is 1. The topological polar surface area (TPSA) is 84.2 Å². The zero-order chi connectivity index (χ0) is 20.7. The van der Waals surface area contributed by atoms with Gasteiger partial charge in [0.25, 0.3) is 0 Å². The van der Waals surface area contributed by atoms with E-state index in [9.17, 15) is 14.7 Å². The second kappa shape index (κ2) is 7.59. The first-order valence-electron chi connectivity index (χ1n) is 10.6. The van der Waals surface area contributed by atoms with Crippen LogP contribution in [-0.2, 0) is 16.1 Å². The van der Waals surface area contributed by atoms with Crippen LogP contribution in [0, 0.1) is 23.7 Å². The number of carboxylic acids is 1. The molecule has 30 heavy (non-hydrogen) atoms. The van der Waals surface area contributed by atoms with Gasteiger partial charge in [0, 0.05) is 6.20 Å². The molecule has 3 fully saturated rings. The highest BCUT2D eigenvalue weighted by Crippen LogP contribution is 2.49. The van der Waals surface area contributed by atoms with Gasteiger partial charge in [0.05, 0.1) is 30.3 Å². The molecule has 0 unspecified atom stereocenters. The van der Waals surface area contributed by atoms with E-state index in [1.165, 1.54) is 10.8 Å². The van der Waals surface area contributed by atoms with E-state index < -0.39 is 17.8 Å². The minimum atomic E-state index is -0.837. The Kier molecular flexibility index (Phi) is 4.77. The van der Waals surface area contributed by atoms with E-state index >= 15 is 0 Å². The molecule has 3 saturated carbocycles. The van der Waals surface area contributed by atoms with Crippen molar-refractivity contribution in [2.45, 2.75) is 32.2 Å². The maximum absolute atomic E-state index is 13.0. The number of fused-ring (bicyclic) bond motifs is 4. The molecule has 3 aliphatic rings. The Hall–Kier alpha value is -3.15. The second-order valence-corrected chi connectivity index (χ2v) is 8.62. The lowest BCUT2D eigenvalue weighted by Gasteiger charge is -2.45. The molecule has 1 heterocycles. The lowest BCUT2D eigenvalue weighted by molar-refractivity contribution is -0.156. The van der Waals surface area contributed by atoms with Gasteiger partial charge in [-0.1, -0.05) is 42.5 Å². The van der Waals surface area contributed by atoms with Crippen molar-refractivity contribution < 1.29 is 14.7 Å². The molecule has 2 N–H and O–H groups in total. The predicted molar refractivity (Wildman–Crippen MR) is 114 cm³/mol. The molecule has 0 saturated heterocycles. The number of hydrogen-bond acceptors (Lipinski definition) is 3. The van der Waals surface area contributed by atoms with Crippen LogP contribution < -0.4 is 5.32 Å². The van der Waals surface area contributed by atoms with E-state index in [4.69, 9.17) is 0 Å². The Morgan fingerprint density at radius 2 is 1.70 bits per heavy atom. The molecule has 0 aliphatic heterocycles. The molecule has 0 radical (unpaired) electrons. The standard InChI is InChI=1S/C24H25N3O3/c28-23(21-16-8-10-17(11-9-16)22(21)24(29)30)26-19-12-25-27(14-19)13-18-6-3-5-15-4-1-2-7-20(15)18/h1-7,12,14,16-17,21-22H,8-11,13H2,(H,26,28)(H,29,30)/t16?,17?,21-,22+/m0/s1. The van der Waals surface area contributed by atoms with Crippen LogP contribution in [0.2, 0.25) is 0 Å². The van der Waals surface area contributed by atoms with E-state index in [2.05, 4.69) is 34.7 Å². The van der Waals surface area contributed by atoms with Crippen LogP contribution in [0.25, 0.3) is 10.8 Å². The van der Waals surface area contributed by atoms with Crippen molar-refractivity contribution in [1.29, 1.82) is 0 Å². The number of amides is 1. The first-order valence-corrected chi connectivity index (χ1v) is 10.6. The number of carboxylic acid groups (broad SMARTS) is 1. The summed E-state index contributed by atoms with van der Waals surface area (Å²) in [5.74, 6) is -1.74. The Balaban J connectivity index is 1.32. The fraction of sp³-hybridized carbons (Fsp3) is 0.375. The Morgan fingerprint density at radius 1 is 1.00 bits per heavy atom. The van der Waals surface area contributed by atoms with Gasteiger partial charge in [0.2, 0.25) is 5.91 Å². The van der Waals surface area contributed by atoms with Gasteiger partial charge in [0.1, 0.15) is 0 Å². The smallest absolute Gasteiger partial charge is 0.307 e. The summed E-state index contributed by atoms with van der Waals surface area (Å²) in [6, 6.07) is 14.4. The van der Waals surface area contributed by atoms with Gasteiger partial charge >= 0.3 is 5.97 Å². The predicted octanol–water partition coefficient (Wildman–Crippen LogP) is 4.16. The summed E-state index contributed by atoms with van der Waals surface area (Å²) in [5.41, 5.74) is 1.77. The third-order valence-electron chi connectivity index (χ3n) is 6.92. The van der Waals surface area contributed by atoms with E-state index in [0.29, 0.717) is 12.2 Å². The van der Waals surface area contributed by atoms with Crippen molar-refractivity contribution in [2.75, 3.05) is 5.32 Å². The molecule has 1 amide bonds. The quantitative estimate of drug-likeness (QED) is 0.670. The highest BCUT2D eigenvalue weighted by atomic mass is 16.4. The van der Waals surface area contributed by atoms with Crippen LogP contribution in [0.3, 0.4) is 0 Å². The number of hydrogen-bond donors (Lipinski definition) is 2. The number of benzene rings is 2. The Morgan fingerprint density at radius 3 is 2.47 bits per heavy atom. The van der Waals surface area contributed by atoms with Crippen molar-refractivity contribution in [3.8, 4) is 0 Å². The van der Waals surface area contributed by atoms with Gasteiger partial charge in [0.15, 0.2) is 0 Å². The van der Waals surface area contributed by atoms with Crippen molar-refractivity contribution >= 4 is 28.3 Å². The molecule has 1 aromatic heterocycles. The number of rotatable bonds is 5. The molecule has 3 aliphatic carbocycles. The molecule has 0 spiro atoms. The molecule has 6 nitrogen and oxygen atoms in total.